The highest BCUT2D eigenvalue weighted by atomic mass is 16.3. The zero-order valence-corrected chi connectivity index (χ0v) is 32.9. The standard InChI is InChI=1S/C58H39NO/c1-2-11-40(12-3-1)42-25-31-51(32-26-42)59(53-35-29-44(30-36-53)54-20-10-22-57-58(54)55-19-6-7-21-56(55)60-57)52-33-27-43(28-34-52)46-15-8-16-47(37-46)48-17-9-18-49(39-48)50-24-23-41-13-4-5-14-45(41)38-50/h1-39H. The molecule has 0 aliphatic carbocycles. The zero-order valence-electron chi connectivity index (χ0n) is 32.9. The van der Waals surface area contributed by atoms with Gasteiger partial charge in [-0.3, -0.25) is 0 Å². The Morgan fingerprint density at radius 3 is 1.35 bits per heavy atom. The van der Waals surface area contributed by atoms with Crippen LogP contribution in [0, 0.1) is 0 Å². The molecule has 0 fully saturated rings. The summed E-state index contributed by atoms with van der Waals surface area (Å²) in [5, 5.41) is 4.79. The molecule has 0 spiro atoms. The predicted molar refractivity (Wildman–Crippen MR) is 253 cm³/mol. The second-order valence-electron chi connectivity index (χ2n) is 15.3. The van der Waals surface area contributed by atoms with Crippen LogP contribution < -0.4 is 4.90 Å². The highest BCUT2D eigenvalue weighted by Gasteiger charge is 2.16. The normalized spacial score (nSPS) is 11.3. The van der Waals surface area contributed by atoms with Crippen LogP contribution in [0.5, 0.6) is 0 Å². The Hall–Kier alpha value is -7.94. The molecule has 0 N–H and O–H groups in total. The van der Waals surface area contributed by atoms with Gasteiger partial charge in [-0.2, -0.15) is 0 Å². The number of nitrogens with zero attached hydrogens (tertiary/aromatic N) is 1. The van der Waals surface area contributed by atoms with E-state index in [1.807, 2.05) is 12.1 Å². The molecule has 1 aromatic heterocycles. The monoisotopic (exact) mass is 765 g/mol. The fourth-order valence-electron chi connectivity index (χ4n) is 8.61. The first kappa shape index (κ1) is 35.2. The molecule has 0 aliphatic rings. The molecule has 10 aromatic carbocycles. The third-order valence-corrected chi connectivity index (χ3v) is 11.7. The number of rotatable bonds is 8. The van der Waals surface area contributed by atoms with E-state index in [0.29, 0.717) is 0 Å². The molecule has 0 radical (unpaired) electrons. The van der Waals surface area contributed by atoms with Gasteiger partial charge in [0.25, 0.3) is 0 Å². The summed E-state index contributed by atoms with van der Waals surface area (Å²) < 4.78 is 6.23. The SMILES string of the molecule is c1ccc(-c2ccc(N(c3ccc(-c4cccc(-c5cccc(-c6ccc7ccccc7c6)c5)c4)cc3)c3ccc(-c4cccc5oc6ccccc6c45)cc3)cc2)cc1. The molecule has 0 aliphatic heterocycles. The van der Waals surface area contributed by atoms with E-state index in [1.165, 1.54) is 55.3 Å². The minimum atomic E-state index is 0.901. The lowest BCUT2D eigenvalue weighted by atomic mass is 9.95. The third kappa shape index (κ3) is 6.61. The lowest BCUT2D eigenvalue weighted by molar-refractivity contribution is 0.669. The summed E-state index contributed by atoms with van der Waals surface area (Å²) in [6.07, 6.45) is 0. The molecule has 2 nitrogen and oxygen atoms in total. The second kappa shape index (κ2) is 15.1. The van der Waals surface area contributed by atoms with E-state index in [-0.39, 0.29) is 0 Å². The molecule has 1 heterocycles. The Balaban J connectivity index is 0.931. The lowest BCUT2D eigenvalue weighted by Gasteiger charge is -2.26. The Labute approximate surface area is 349 Å². The van der Waals surface area contributed by atoms with Crippen LogP contribution in [-0.4, -0.2) is 0 Å². The molecular formula is C58H39NO. The smallest absolute Gasteiger partial charge is 0.136 e. The number of benzene rings is 10. The van der Waals surface area contributed by atoms with Crippen LogP contribution in [0.4, 0.5) is 17.1 Å². The maximum absolute atomic E-state index is 6.23. The summed E-state index contributed by atoms with van der Waals surface area (Å²) in [5.41, 5.74) is 16.9. The molecular weight excluding hydrogens is 727 g/mol. The van der Waals surface area contributed by atoms with Crippen LogP contribution >= 0.6 is 0 Å². The molecule has 0 bridgehead atoms. The van der Waals surface area contributed by atoms with Crippen molar-refractivity contribution in [2.75, 3.05) is 4.90 Å². The van der Waals surface area contributed by atoms with E-state index in [0.717, 1.165) is 50.1 Å². The Kier molecular flexibility index (Phi) is 8.87. The van der Waals surface area contributed by atoms with Crippen molar-refractivity contribution in [1.82, 2.24) is 0 Å². The molecule has 0 amide bonds. The van der Waals surface area contributed by atoms with Crippen molar-refractivity contribution < 1.29 is 4.42 Å². The second-order valence-corrected chi connectivity index (χ2v) is 15.3. The summed E-state index contributed by atoms with van der Waals surface area (Å²) >= 11 is 0. The predicted octanol–water partition coefficient (Wildman–Crippen LogP) is 16.5. The topological polar surface area (TPSA) is 16.4 Å². The average molecular weight is 766 g/mol. The summed E-state index contributed by atoms with van der Waals surface area (Å²) in [4.78, 5) is 2.34. The first-order chi connectivity index (χ1) is 29.7. The van der Waals surface area contributed by atoms with E-state index >= 15 is 0 Å². The molecule has 0 atom stereocenters. The van der Waals surface area contributed by atoms with Crippen molar-refractivity contribution in [3.63, 3.8) is 0 Å². The Morgan fingerprint density at radius 1 is 0.267 bits per heavy atom. The maximum atomic E-state index is 6.23. The fourth-order valence-corrected chi connectivity index (χ4v) is 8.61. The van der Waals surface area contributed by atoms with Gasteiger partial charge in [-0.1, -0.05) is 170 Å². The van der Waals surface area contributed by atoms with Crippen molar-refractivity contribution in [3.05, 3.63) is 237 Å². The summed E-state index contributed by atoms with van der Waals surface area (Å²) in [6, 6.07) is 84.9. The van der Waals surface area contributed by atoms with E-state index in [4.69, 9.17) is 4.42 Å². The summed E-state index contributed by atoms with van der Waals surface area (Å²) in [6.45, 7) is 0. The van der Waals surface area contributed by atoms with Gasteiger partial charge in [-0.05, 0) is 133 Å². The van der Waals surface area contributed by atoms with Gasteiger partial charge >= 0.3 is 0 Å². The van der Waals surface area contributed by atoms with Crippen molar-refractivity contribution in [2.24, 2.45) is 0 Å². The van der Waals surface area contributed by atoms with E-state index < -0.39 is 0 Å². The van der Waals surface area contributed by atoms with Crippen LogP contribution in [0.1, 0.15) is 0 Å². The molecule has 11 aromatic rings. The van der Waals surface area contributed by atoms with Crippen molar-refractivity contribution in [3.8, 4) is 55.6 Å². The van der Waals surface area contributed by atoms with Crippen molar-refractivity contribution in [2.45, 2.75) is 0 Å². The minimum Gasteiger partial charge on any atom is -0.456 e. The van der Waals surface area contributed by atoms with Crippen LogP contribution in [0.25, 0.3) is 88.3 Å². The minimum absolute atomic E-state index is 0.901. The van der Waals surface area contributed by atoms with Crippen molar-refractivity contribution in [1.29, 1.82) is 0 Å². The van der Waals surface area contributed by atoms with Gasteiger partial charge in [-0.15, -0.1) is 0 Å². The molecule has 0 unspecified atom stereocenters. The van der Waals surface area contributed by atoms with Gasteiger partial charge in [0, 0.05) is 27.8 Å². The van der Waals surface area contributed by atoms with E-state index in [1.54, 1.807) is 0 Å². The van der Waals surface area contributed by atoms with Crippen LogP contribution in [0.3, 0.4) is 0 Å². The van der Waals surface area contributed by atoms with Crippen LogP contribution in [0.2, 0.25) is 0 Å². The highest BCUT2D eigenvalue weighted by molar-refractivity contribution is 6.12. The molecule has 11 rings (SSSR count). The summed E-state index contributed by atoms with van der Waals surface area (Å²) in [7, 11) is 0. The number of furan rings is 1. The molecule has 2 heteroatoms. The van der Waals surface area contributed by atoms with E-state index in [2.05, 4.69) is 229 Å². The number of fused-ring (bicyclic) bond motifs is 4. The number of para-hydroxylation sites is 1. The van der Waals surface area contributed by atoms with Gasteiger partial charge in [-0.25, -0.2) is 0 Å². The van der Waals surface area contributed by atoms with Crippen LogP contribution in [0.15, 0.2) is 241 Å². The molecule has 0 saturated carbocycles. The summed E-state index contributed by atoms with van der Waals surface area (Å²) in [5.74, 6) is 0. The van der Waals surface area contributed by atoms with Gasteiger partial charge in [0.2, 0.25) is 0 Å². The first-order valence-electron chi connectivity index (χ1n) is 20.5. The Bertz CT molecular complexity index is 3290. The average Bonchev–Trinajstić information content (AvgIpc) is 3.72. The zero-order chi connectivity index (χ0) is 39.8. The Morgan fingerprint density at radius 2 is 0.700 bits per heavy atom. The quantitative estimate of drug-likeness (QED) is 0.153. The van der Waals surface area contributed by atoms with Gasteiger partial charge in [0.1, 0.15) is 11.2 Å². The molecule has 282 valence electrons. The first-order valence-corrected chi connectivity index (χ1v) is 20.5. The highest BCUT2D eigenvalue weighted by Crippen LogP contribution is 2.41. The van der Waals surface area contributed by atoms with Gasteiger partial charge < -0.3 is 9.32 Å². The lowest BCUT2D eigenvalue weighted by Crippen LogP contribution is -2.09. The maximum Gasteiger partial charge on any atom is 0.136 e. The van der Waals surface area contributed by atoms with E-state index in [9.17, 15) is 0 Å². The number of hydrogen-bond acceptors (Lipinski definition) is 2. The number of anilines is 3. The molecule has 60 heavy (non-hydrogen) atoms. The van der Waals surface area contributed by atoms with Gasteiger partial charge in [0.05, 0.1) is 0 Å². The van der Waals surface area contributed by atoms with Crippen LogP contribution in [-0.2, 0) is 0 Å². The van der Waals surface area contributed by atoms with Crippen molar-refractivity contribution >= 4 is 49.8 Å². The number of hydrogen-bond donors (Lipinski definition) is 0. The fraction of sp³-hybridized carbons (Fsp3) is 0. The van der Waals surface area contributed by atoms with Gasteiger partial charge in [0.15, 0.2) is 0 Å². The largest absolute Gasteiger partial charge is 0.456 e. The third-order valence-electron chi connectivity index (χ3n) is 11.7. The molecule has 0 saturated heterocycles.